The average Bonchev–Trinajstić information content (AvgIpc) is 2.61. The maximum absolute atomic E-state index is 3.75. The molecule has 0 saturated carbocycles. The maximum Gasteiger partial charge on any atom is 0.139 e. The van der Waals surface area contributed by atoms with Crippen LogP contribution in [0.2, 0.25) is 0 Å². The quantitative estimate of drug-likeness (QED) is 0.627. The van der Waals surface area contributed by atoms with Crippen LogP contribution < -0.4 is 0 Å². The van der Waals surface area contributed by atoms with E-state index >= 15 is 0 Å². The molecule has 12 heavy (non-hydrogen) atoms. The van der Waals surface area contributed by atoms with E-state index in [9.17, 15) is 0 Å². The van der Waals surface area contributed by atoms with Crippen molar-refractivity contribution in [1.82, 2.24) is 19.5 Å². The van der Waals surface area contributed by atoms with Crippen molar-refractivity contribution in [2.24, 2.45) is 0 Å². The number of nitrogens with zero attached hydrogens (tertiary/aromatic N) is 4. The van der Waals surface area contributed by atoms with E-state index in [1.54, 1.807) is 12.7 Å². The molecule has 0 bridgehead atoms. The van der Waals surface area contributed by atoms with Crippen molar-refractivity contribution >= 4 is 0 Å². The SMILES string of the molecule is Cc1ccc(C)n1-n1cnnc1. The predicted molar refractivity (Wildman–Crippen MR) is 44.7 cm³/mol. The summed E-state index contributed by atoms with van der Waals surface area (Å²) in [6, 6.07) is 4.13. The Morgan fingerprint density at radius 3 is 2.00 bits per heavy atom. The van der Waals surface area contributed by atoms with Crippen molar-refractivity contribution in [2.45, 2.75) is 13.8 Å². The Kier molecular flexibility index (Phi) is 1.46. The van der Waals surface area contributed by atoms with E-state index < -0.39 is 0 Å². The average molecular weight is 162 g/mol. The van der Waals surface area contributed by atoms with Gasteiger partial charge in [-0.05, 0) is 26.0 Å². The van der Waals surface area contributed by atoms with Gasteiger partial charge in [0.2, 0.25) is 0 Å². The Morgan fingerprint density at radius 2 is 1.50 bits per heavy atom. The molecule has 0 aliphatic heterocycles. The number of aryl methyl sites for hydroxylation is 2. The summed E-state index contributed by atoms with van der Waals surface area (Å²) in [6.45, 7) is 4.10. The van der Waals surface area contributed by atoms with E-state index in [4.69, 9.17) is 0 Å². The Morgan fingerprint density at radius 1 is 1.00 bits per heavy atom. The fourth-order valence-electron chi connectivity index (χ4n) is 1.32. The summed E-state index contributed by atoms with van der Waals surface area (Å²) in [5, 5.41) is 7.50. The van der Waals surface area contributed by atoms with E-state index in [1.165, 1.54) is 11.4 Å². The summed E-state index contributed by atoms with van der Waals surface area (Å²) in [7, 11) is 0. The number of hydrogen-bond acceptors (Lipinski definition) is 2. The molecule has 0 aromatic carbocycles. The second-order valence-corrected chi connectivity index (χ2v) is 2.77. The molecule has 0 atom stereocenters. The van der Waals surface area contributed by atoms with Crippen molar-refractivity contribution in [2.75, 3.05) is 0 Å². The molecule has 2 aromatic heterocycles. The molecule has 0 saturated heterocycles. The van der Waals surface area contributed by atoms with Gasteiger partial charge >= 0.3 is 0 Å². The highest BCUT2D eigenvalue weighted by molar-refractivity contribution is 5.13. The van der Waals surface area contributed by atoms with Gasteiger partial charge in [-0.15, -0.1) is 10.2 Å². The summed E-state index contributed by atoms with van der Waals surface area (Å²) in [4.78, 5) is 0. The fraction of sp³-hybridized carbons (Fsp3) is 0.250. The zero-order valence-corrected chi connectivity index (χ0v) is 7.10. The lowest BCUT2D eigenvalue weighted by atomic mass is 10.5. The third kappa shape index (κ3) is 0.922. The van der Waals surface area contributed by atoms with Crippen LogP contribution in [-0.2, 0) is 0 Å². The molecule has 0 aliphatic rings. The standard InChI is InChI=1S/C8H10N4/c1-7-3-4-8(2)12(7)11-5-9-10-6-11/h3-6H,1-2H3. The first kappa shape index (κ1) is 7.09. The van der Waals surface area contributed by atoms with E-state index in [0.29, 0.717) is 0 Å². The molecule has 2 heterocycles. The van der Waals surface area contributed by atoms with Crippen LogP contribution in [-0.4, -0.2) is 19.5 Å². The largest absolute Gasteiger partial charge is 0.256 e. The van der Waals surface area contributed by atoms with Gasteiger partial charge in [-0.1, -0.05) is 0 Å². The van der Waals surface area contributed by atoms with E-state index in [1.807, 2.05) is 23.2 Å². The zero-order chi connectivity index (χ0) is 8.55. The molecule has 0 radical (unpaired) electrons. The zero-order valence-electron chi connectivity index (χ0n) is 7.10. The molecule has 4 heteroatoms. The van der Waals surface area contributed by atoms with Gasteiger partial charge in [-0.3, -0.25) is 4.68 Å². The first-order valence-electron chi connectivity index (χ1n) is 3.79. The predicted octanol–water partition coefficient (Wildman–Crippen LogP) is 1.01. The van der Waals surface area contributed by atoms with Crippen molar-refractivity contribution in [3.8, 4) is 0 Å². The highest BCUT2D eigenvalue weighted by atomic mass is 15.5. The van der Waals surface area contributed by atoms with Crippen LogP contribution in [0.5, 0.6) is 0 Å². The highest BCUT2D eigenvalue weighted by Crippen LogP contribution is 2.06. The van der Waals surface area contributed by atoms with Crippen molar-refractivity contribution < 1.29 is 0 Å². The molecule has 0 amide bonds. The molecular weight excluding hydrogens is 152 g/mol. The van der Waals surface area contributed by atoms with Crippen LogP contribution in [0.1, 0.15) is 11.4 Å². The van der Waals surface area contributed by atoms with Crippen molar-refractivity contribution in [3.63, 3.8) is 0 Å². The summed E-state index contributed by atoms with van der Waals surface area (Å²) in [5.41, 5.74) is 2.35. The van der Waals surface area contributed by atoms with Gasteiger partial charge in [0.1, 0.15) is 12.7 Å². The molecule has 2 rings (SSSR count). The van der Waals surface area contributed by atoms with Crippen molar-refractivity contribution in [1.29, 1.82) is 0 Å². The minimum absolute atomic E-state index is 1.17. The molecule has 4 nitrogen and oxygen atoms in total. The molecule has 0 fully saturated rings. The van der Waals surface area contributed by atoms with Crippen LogP contribution in [0.3, 0.4) is 0 Å². The van der Waals surface area contributed by atoms with Crippen LogP contribution in [0, 0.1) is 13.8 Å². The van der Waals surface area contributed by atoms with E-state index in [-0.39, 0.29) is 0 Å². The first-order valence-corrected chi connectivity index (χ1v) is 3.79. The molecular formula is C8H10N4. The second kappa shape index (κ2) is 2.48. The van der Waals surface area contributed by atoms with E-state index in [2.05, 4.69) is 22.3 Å². The van der Waals surface area contributed by atoms with Gasteiger partial charge in [-0.25, -0.2) is 4.68 Å². The minimum atomic E-state index is 1.17. The van der Waals surface area contributed by atoms with Crippen LogP contribution >= 0.6 is 0 Å². The second-order valence-electron chi connectivity index (χ2n) is 2.77. The first-order chi connectivity index (χ1) is 5.79. The number of hydrogen-bond donors (Lipinski definition) is 0. The van der Waals surface area contributed by atoms with Crippen LogP contribution in [0.15, 0.2) is 24.8 Å². The van der Waals surface area contributed by atoms with Crippen LogP contribution in [0.25, 0.3) is 0 Å². The topological polar surface area (TPSA) is 35.6 Å². The third-order valence-corrected chi connectivity index (χ3v) is 1.87. The lowest BCUT2D eigenvalue weighted by molar-refractivity contribution is 0.622. The summed E-state index contributed by atoms with van der Waals surface area (Å²) in [5.74, 6) is 0. The molecule has 62 valence electrons. The van der Waals surface area contributed by atoms with Crippen molar-refractivity contribution in [3.05, 3.63) is 36.2 Å². The van der Waals surface area contributed by atoms with Gasteiger partial charge in [0.25, 0.3) is 0 Å². The lowest BCUT2D eigenvalue weighted by Crippen LogP contribution is -2.09. The third-order valence-electron chi connectivity index (χ3n) is 1.87. The van der Waals surface area contributed by atoms with E-state index in [0.717, 1.165) is 0 Å². The highest BCUT2D eigenvalue weighted by Gasteiger charge is 2.01. The fourth-order valence-corrected chi connectivity index (χ4v) is 1.32. The van der Waals surface area contributed by atoms with Gasteiger partial charge in [0.05, 0.1) is 0 Å². The van der Waals surface area contributed by atoms with Gasteiger partial charge in [-0.2, -0.15) is 0 Å². The summed E-state index contributed by atoms with van der Waals surface area (Å²) >= 11 is 0. The Hall–Kier alpha value is -1.58. The molecule has 0 unspecified atom stereocenters. The van der Waals surface area contributed by atoms with Crippen LogP contribution in [0.4, 0.5) is 0 Å². The molecule has 0 N–H and O–H groups in total. The van der Waals surface area contributed by atoms with Gasteiger partial charge < -0.3 is 0 Å². The Balaban J connectivity index is 2.60. The maximum atomic E-state index is 3.75. The summed E-state index contributed by atoms with van der Waals surface area (Å²) < 4.78 is 3.89. The monoisotopic (exact) mass is 162 g/mol. The Labute approximate surface area is 70.4 Å². The van der Waals surface area contributed by atoms with Gasteiger partial charge in [0.15, 0.2) is 0 Å². The molecule has 2 aromatic rings. The molecule has 0 spiro atoms. The Bertz CT molecular complexity index is 352. The summed E-state index contributed by atoms with van der Waals surface area (Å²) in [6.07, 6.45) is 3.36. The number of rotatable bonds is 1. The minimum Gasteiger partial charge on any atom is -0.256 e. The molecule has 0 aliphatic carbocycles. The van der Waals surface area contributed by atoms with Gasteiger partial charge in [0, 0.05) is 11.4 Å². The normalized spacial score (nSPS) is 10.5. The lowest BCUT2D eigenvalue weighted by Gasteiger charge is -2.07. The smallest absolute Gasteiger partial charge is 0.139 e. The number of aromatic nitrogens is 4.